The Morgan fingerprint density at radius 2 is 1.63 bits per heavy atom. The molecule has 142 valence electrons. The number of nitrogens with zero attached hydrogens (tertiary/aromatic N) is 2. The number of hydrogen-bond acceptors (Lipinski definition) is 4. The summed E-state index contributed by atoms with van der Waals surface area (Å²) in [5.74, 6) is -1.16. The van der Waals surface area contributed by atoms with E-state index in [1.54, 1.807) is 28.9 Å². The summed E-state index contributed by atoms with van der Waals surface area (Å²) in [7, 11) is 0. The van der Waals surface area contributed by atoms with Gasteiger partial charge in [0, 0.05) is 37.3 Å². The summed E-state index contributed by atoms with van der Waals surface area (Å²) in [6.07, 6.45) is 1.74. The highest BCUT2D eigenvalue weighted by molar-refractivity contribution is 5.98. The van der Waals surface area contributed by atoms with Crippen LogP contribution in [0.25, 0.3) is 0 Å². The molecular formula is C20H22N2O5. The van der Waals surface area contributed by atoms with Crippen LogP contribution in [0.3, 0.4) is 0 Å². The van der Waals surface area contributed by atoms with Gasteiger partial charge in [-0.05, 0) is 25.5 Å². The Bertz CT molecular complexity index is 843. The van der Waals surface area contributed by atoms with Crippen LogP contribution in [0.2, 0.25) is 0 Å². The summed E-state index contributed by atoms with van der Waals surface area (Å²) in [5.41, 5.74) is 1.57. The number of carboxylic acid groups (broad SMARTS) is 1. The molecule has 0 spiro atoms. The van der Waals surface area contributed by atoms with Crippen LogP contribution in [0.15, 0.2) is 41.0 Å². The maximum absolute atomic E-state index is 13.0. The first-order valence-electron chi connectivity index (χ1n) is 8.89. The third kappa shape index (κ3) is 4.19. The molecule has 1 N–H and O–H groups in total. The molecule has 1 aliphatic rings. The quantitative estimate of drug-likeness (QED) is 0.891. The largest absolute Gasteiger partial charge is 0.481 e. The molecule has 3 rings (SSSR count). The zero-order valence-corrected chi connectivity index (χ0v) is 15.2. The first-order valence-corrected chi connectivity index (χ1v) is 8.89. The molecule has 0 aliphatic carbocycles. The normalized spacial score (nSPS) is 14.7. The molecule has 1 fully saturated rings. The standard InChI is InChI=1S/C20H22N2O5/c1-14-13-27-16(12-17(23)24)18(14)20(26)22-9-5-8-21(10-11-22)19(25)15-6-3-2-4-7-15/h2-4,6-7,13H,5,8-12H2,1H3,(H,23,24). The number of furan rings is 1. The number of aliphatic carboxylic acids is 1. The van der Waals surface area contributed by atoms with Crippen molar-refractivity contribution in [3.05, 3.63) is 59.0 Å². The molecule has 0 radical (unpaired) electrons. The third-order valence-corrected chi connectivity index (χ3v) is 4.67. The Labute approximate surface area is 157 Å². The van der Waals surface area contributed by atoms with Gasteiger partial charge in [0.1, 0.15) is 12.2 Å². The predicted molar refractivity (Wildman–Crippen MR) is 97.7 cm³/mol. The molecule has 2 amide bonds. The minimum atomic E-state index is -1.05. The fourth-order valence-corrected chi connectivity index (χ4v) is 3.30. The topological polar surface area (TPSA) is 91.1 Å². The van der Waals surface area contributed by atoms with Crippen molar-refractivity contribution < 1.29 is 23.9 Å². The van der Waals surface area contributed by atoms with Gasteiger partial charge < -0.3 is 19.3 Å². The molecule has 0 unspecified atom stereocenters. The highest BCUT2D eigenvalue weighted by Crippen LogP contribution is 2.21. The molecule has 27 heavy (non-hydrogen) atoms. The van der Waals surface area contributed by atoms with Crippen LogP contribution >= 0.6 is 0 Å². The number of carbonyl (C=O) groups excluding carboxylic acids is 2. The second-order valence-electron chi connectivity index (χ2n) is 6.59. The van der Waals surface area contributed by atoms with Crippen molar-refractivity contribution in [2.24, 2.45) is 0 Å². The van der Waals surface area contributed by atoms with Crippen LogP contribution in [-0.2, 0) is 11.2 Å². The maximum Gasteiger partial charge on any atom is 0.311 e. The van der Waals surface area contributed by atoms with E-state index < -0.39 is 5.97 Å². The van der Waals surface area contributed by atoms with Crippen LogP contribution in [0.5, 0.6) is 0 Å². The SMILES string of the molecule is Cc1coc(CC(=O)O)c1C(=O)N1CCCN(C(=O)c2ccccc2)CC1. The lowest BCUT2D eigenvalue weighted by molar-refractivity contribution is -0.136. The van der Waals surface area contributed by atoms with Gasteiger partial charge in [-0.3, -0.25) is 14.4 Å². The van der Waals surface area contributed by atoms with Crippen LogP contribution < -0.4 is 0 Å². The zero-order valence-electron chi connectivity index (χ0n) is 15.2. The fourth-order valence-electron chi connectivity index (χ4n) is 3.30. The van der Waals surface area contributed by atoms with E-state index in [9.17, 15) is 14.4 Å². The Hall–Kier alpha value is -3.09. The molecule has 2 aromatic rings. The first kappa shape index (κ1) is 18.7. The van der Waals surface area contributed by atoms with E-state index in [0.717, 1.165) is 0 Å². The highest BCUT2D eigenvalue weighted by atomic mass is 16.4. The lowest BCUT2D eigenvalue weighted by Crippen LogP contribution is -2.37. The van der Waals surface area contributed by atoms with E-state index in [1.807, 2.05) is 18.2 Å². The Balaban J connectivity index is 1.71. The number of benzene rings is 1. The summed E-state index contributed by atoms with van der Waals surface area (Å²) in [6.45, 7) is 3.64. The van der Waals surface area contributed by atoms with Gasteiger partial charge in [0.15, 0.2) is 0 Å². The molecule has 1 aromatic heterocycles. The van der Waals surface area contributed by atoms with E-state index in [0.29, 0.717) is 49.3 Å². The van der Waals surface area contributed by atoms with Crippen LogP contribution in [0, 0.1) is 6.92 Å². The average molecular weight is 370 g/mol. The number of aryl methyl sites for hydroxylation is 1. The van der Waals surface area contributed by atoms with Gasteiger partial charge in [-0.15, -0.1) is 0 Å². The summed E-state index contributed by atoms with van der Waals surface area (Å²) < 4.78 is 5.27. The minimum absolute atomic E-state index is 0.0454. The van der Waals surface area contributed by atoms with Crippen LogP contribution in [0.1, 0.15) is 38.5 Å². The Morgan fingerprint density at radius 1 is 1.00 bits per heavy atom. The predicted octanol–water partition coefficient (Wildman–Crippen LogP) is 2.20. The van der Waals surface area contributed by atoms with E-state index in [4.69, 9.17) is 9.52 Å². The van der Waals surface area contributed by atoms with Crippen molar-refractivity contribution in [3.63, 3.8) is 0 Å². The molecular weight excluding hydrogens is 348 g/mol. The Kier molecular flexibility index (Phi) is 5.59. The third-order valence-electron chi connectivity index (χ3n) is 4.67. The van der Waals surface area contributed by atoms with E-state index in [2.05, 4.69) is 0 Å². The molecule has 2 heterocycles. The molecule has 1 aromatic carbocycles. The summed E-state index contributed by atoms with van der Waals surface area (Å²) in [6, 6.07) is 9.08. The van der Waals surface area contributed by atoms with Crippen LogP contribution in [0.4, 0.5) is 0 Å². The van der Waals surface area contributed by atoms with Gasteiger partial charge >= 0.3 is 5.97 Å². The van der Waals surface area contributed by atoms with Crippen LogP contribution in [-0.4, -0.2) is 58.9 Å². The van der Waals surface area contributed by atoms with Gasteiger partial charge in [-0.1, -0.05) is 18.2 Å². The van der Waals surface area contributed by atoms with Gasteiger partial charge in [-0.25, -0.2) is 0 Å². The smallest absolute Gasteiger partial charge is 0.311 e. The number of amides is 2. The molecule has 0 saturated carbocycles. The maximum atomic E-state index is 13.0. The molecule has 0 bridgehead atoms. The Morgan fingerprint density at radius 3 is 2.26 bits per heavy atom. The van der Waals surface area contributed by atoms with Crippen molar-refractivity contribution in [1.82, 2.24) is 9.80 Å². The van der Waals surface area contributed by atoms with Gasteiger partial charge in [0.25, 0.3) is 11.8 Å². The van der Waals surface area contributed by atoms with E-state index in [-0.39, 0.29) is 24.0 Å². The first-order chi connectivity index (χ1) is 13.0. The second kappa shape index (κ2) is 8.07. The molecule has 1 aliphatic heterocycles. The highest BCUT2D eigenvalue weighted by Gasteiger charge is 2.28. The van der Waals surface area contributed by atoms with Crippen molar-refractivity contribution in [3.8, 4) is 0 Å². The van der Waals surface area contributed by atoms with E-state index >= 15 is 0 Å². The van der Waals surface area contributed by atoms with Crippen molar-refractivity contribution in [2.75, 3.05) is 26.2 Å². The van der Waals surface area contributed by atoms with E-state index in [1.165, 1.54) is 6.26 Å². The number of carboxylic acids is 1. The van der Waals surface area contributed by atoms with Crippen molar-refractivity contribution in [2.45, 2.75) is 19.8 Å². The molecule has 1 saturated heterocycles. The van der Waals surface area contributed by atoms with Gasteiger partial charge in [0.2, 0.25) is 0 Å². The van der Waals surface area contributed by atoms with Crippen molar-refractivity contribution >= 4 is 17.8 Å². The molecule has 7 heteroatoms. The number of hydrogen-bond donors (Lipinski definition) is 1. The number of carbonyl (C=O) groups is 3. The second-order valence-corrected chi connectivity index (χ2v) is 6.59. The average Bonchev–Trinajstić information content (AvgIpc) is 2.86. The summed E-state index contributed by atoms with van der Waals surface area (Å²) in [5, 5.41) is 9.01. The van der Waals surface area contributed by atoms with Crippen molar-refractivity contribution in [1.29, 1.82) is 0 Å². The fraction of sp³-hybridized carbons (Fsp3) is 0.350. The minimum Gasteiger partial charge on any atom is -0.481 e. The van der Waals surface area contributed by atoms with Gasteiger partial charge in [-0.2, -0.15) is 0 Å². The molecule has 7 nitrogen and oxygen atoms in total. The zero-order chi connectivity index (χ0) is 19.4. The lowest BCUT2D eigenvalue weighted by Gasteiger charge is -2.22. The number of rotatable bonds is 4. The lowest BCUT2D eigenvalue weighted by atomic mass is 10.1. The summed E-state index contributed by atoms with van der Waals surface area (Å²) in [4.78, 5) is 40.0. The summed E-state index contributed by atoms with van der Waals surface area (Å²) >= 11 is 0. The monoisotopic (exact) mass is 370 g/mol. The van der Waals surface area contributed by atoms with Gasteiger partial charge in [0.05, 0.1) is 11.8 Å². The molecule has 0 atom stereocenters.